The van der Waals surface area contributed by atoms with E-state index in [9.17, 15) is 9.59 Å². The zero-order valence-electron chi connectivity index (χ0n) is 14.8. The molecule has 0 unspecified atom stereocenters. The molecule has 0 saturated carbocycles. The van der Waals surface area contributed by atoms with Gasteiger partial charge in [0.1, 0.15) is 11.8 Å². The summed E-state index contributed by atoms with van der Waals surface area (Å²) in [6.45, 7) is 4.26. The second kappa shape index (κ2) is 6.37. The van der Waals surface area contributed by atoms with Gasteiger partial charge in [-0.05, 0) is 50.1 Å². The molecule has 2 aromatic carbocycles. The Labute approximate surface area is 152 Å². The summed E-state index contributed by atoms with van der Waals surface area (Å²) in [6, 6.07) is 13.1. The molecule has 0 bridgehead atoms. The molecule has 2 atom stereocenters. The van der Waals surface area contributed by atoms with E-state index in [1.807, 2.05) is 36.1 Å². The van der Waals surface area contributed by atoms with Crippen LogP contribution in [-0.2, 0) is 16.0 Å². The minimum atomic E-state index is -0.503. The Bertz CT molecular complexity index is 880. The minimum Gasteiger partial charge on any atom is -0.479 e. The number of carbonyl (C=O) groups is 2. The van der Waals surface area contributed by atoms with Gasteiger partial charge in [-0.2, -0.15) is 0 Å². The maximum absolute atomic E-state index is 12.9. The van der Waals surface area contributed by atoms with Crippen LogP contribution in [0.3, 0.4) is 0 Å². The van der Waals surface area contributed by atoms with Gasteiger partial charge in [-0.1, -0.05) is 18.2 Å². The Morgan fingerprint density at radius 3 is 2.96 bits per heavy atom. The molecule has 6 heteroatoms. The van der Waals surface area contributed by atoms with Crippen molar-refractivity contribution in [3.8, 4) is 5.75 Å². The Kier molecular flexibility index (Phi) is 4.03. The number of anilines is 3. The lowest BCUT2D eigenvalue weighted by molar-refractivity contribution is -0.122. The molecule has 2 N–H and O–H groups in total. The van der Waals surface area contributed by atoms with Crippen molar-refractivity contribution in [1.82, 2.24) is 0 Å². The highest BCUT2D eigenvalue weighted by molar-refractivity contribution is 6.01. The molecule has 0 aliphatic carbocycles. The van der Waals surface area contributed by atoms with Gasteiger partial charge in [0.15, 0.2) is 6.10 Å². The Balaban J connectivity index is 1.49. The lowest BCUT2D eigenvalue weighted by Crippen LogP contribution is -2.40. The Morgan fingerprint density at radius 2 is 2.12 bits per heavy atom. The largest absolute Gasteiger partial charge is 0.479 e. The number of ether oxygens (including phenoxy) is 1. The number of fused-ring (bicyclic) bond motifs is 2. The Hall–Kier alpha value is -3.02. The topological polar surface area (TPSA) is 70.7 Å². The first-order valence-corrected chi connectivity index (χ1v) is 8.80. The number of amides is 2. The number of nitrogens with one attached hydrogen (secondary N) is 2. The summed E-state index contributed by atoms with van der Waals surface area (Å²) in [5, 5.41) is 6.05. The van der Waals surface area contributed by atoms with Crippen LogP contribution in [0.1, 0.15) is 19.4 Å². The average Bonchev–Trinajstić information content (AvgIpc) is 3.06. The molecule has 4 rings (SSSR count). The van der Waals surface area contributed by atoms with Crippen LogP contribution in [0.4, 0.5) is 17.1 Å². The number of nitrogens with zero attached hydrogens (tertiary/aromatic N) is 1. The highest BCUT2D eigenvalue weighted by Crippen LogP contribution is 2.33. The fraction of sp³-hybridized carbons (Fsp3) is 0.300. The quantitative estimate of drug-likeness (QED) is 0.892. The lowest BCUT2D eigenvalue weighted by atomic mass is 10.1. The molecule has 0 fully saturated rings. The second-order valence-electron chi connectivity index (χ2n) is 6.69. The smallest absolute Gasteiger partial charge is 0.265 e. The first-order chi connectivity index (χ1) is 12.5. The summed E-state index contributed by atoms with van der Waals surface area (Å²) in [5.74, 6) is 0.490. The van der Waals surface area contributed by atoms with Crippen LogP contribution in [0.25, 0.3) is 0 Å². The SMILES string of the molecule is C[C@@H]1Oc2ccc(N[C@H](C)C(=O)N3CCc4ccccc43)cc2NC1=O. The molecule has 2 aromatic rings. The predicted octanol–water partition coefficient (Wildman–Crippen LogP) is 2.80. The van der Waals surface area contributed by atoms with Crippen molar-refractivity contribution in [2.75, 3.05) is 22.1 Å². The van der Waals surface area contributed by atoms with Gasteiger partial charge in [0, 0.05) is 17.9 Å². The van der Waals surface area contributed by atoms with Crippen LogP contribution in [-0.4, -0.2) is 30.5 Å². The van der Waals surface area contributed by atoms with Crippen LogP contribution in [0.5, 0.6) is 5.75 Å². The van der Waals surface area contributed by atoms with E-state index in [-0.39, 0.29) is 11.8 Å². The molecule has 0 radical (unpaired) electrons. The van der Waals surface area contributed by atoms with Gasteiger partial charge in [0.05, 0.1) is 5.69 Å². The first-order valence-electron chi connectivity index (χ1n) is 8.80. The molecule has 2 amide bonds. The zero-order valence-corrected chi connectivity index (χ0v) is 14.8. The van der Waals surface area contributed by atoms with Gasteiger partial charge in [0.2, 0.25) is 5.91 Å². The summed E-state index contributed by atoms with van der Waals surface area (Å²) < 4.78 is 5.56. The summed E-state index contributed by atoms with van der Waals surface area (Å²) in [4.78, 5) is 26.5. The summed E-state index contributed by atoms with van der Waals surface area (Å²) in [6.07, 6.45) is 0.381. The molecule has 0 spiro atoms. The molecule has 6 nitrogen and oxygen atoms in total. The fourth-order valence-corrected chi connectivity index (χ4v) is 3.41. The van der Waals surface area contributed by atoms with Crippen molar-refractivity contribution in [2.24, 2.45) is 0 Å². The zero-order chi connectivity index (χ0) is 18.3. The van der Waals surface area contributed by atoms with Crippen molar-refractivity contribution in [2.45, 2.75) is 32.4 Å². The van der Waals surface area contributed by atoms with E-state index in [0.29, 0.717) is 18.0 Å². The first kappa shape index (κ1) is 16.4. The van der Waals surface area contributed by atoms with E-state index in [1.54, 1.807) is 19.1 Å². The van der Waals surface area contributed by atoms with Crippen molar-refractivity contribution in [3.05, 3.63) is 48.0 Å². The average molecular weight is 351 g/mol. The molecule has 134 valence electrons. The van der Waals surface area contributed by atoms with Gasteiger partial charge < -0.3 is 20.3 Å². The second-order valence-corrected chi connectivity index (χ2v) is 6.69. The van der Waals surface area contributed by atoms with E-state index in [2.05, 4.69) is 16.7 Å². The standard InChI is InChI=1S/C20H21N3O3/c1-12(20(25)23-10-9-14-5-3-4-6-17(14)23)21-15-7-8-18-16(11-15)22-19(24)13(2)26-18/h3-8,11-13,21H,9-10H2,1-2H3,(H,22,24)/t12-,13+/m1/s1. The van der Waals surface area contributed by atoms with Crippen molar-refractivity contribution < 1.29 is 14.3 Å². The van der Waals surface area contributed by atoms with E-state index in [1.165, 1.54) is 5.56 Å². The monoisotopic (exact) mass is 351 g/mol. The van der Waals surface area contributed by atoms with Gasteiger partial charge in [-0.25, -0.2) is 0 Å². The predicted molar refractivity (Wildman–Crippen MR) is 101 cm³/mol. The number of hydrogen-bond acceptors (Lipinski definition) is 4. The maximum atomic E-state index is 12.9. The number of hydrogen-bond donors (Lipinski definition) is 2. The number of benzene rings is 2. The van der Waals surface area contributed by atoms with Gasteiger partial charge in [-0.15, -0.1) is 0 Å². The van der Waals surface area contributed by atoms with Crippen LogP contribution in [0, 0.1) is 0 Å². The number of carbonyl (C=O) groups excluding carboxylic acids is 2. The van der Waals surface area contributed by atoms with Crippen LogP contribution in [0.15, 0.2) is 42.5 Å². The van der Waals surface area contributed by atoms with Crippen LogP contribution in [0.2, 0.25) is 0 Å². The summed E-state index contributed by atoms with van der Waals surface area (Å²) in [7, 11) is 0. The van der Waals surface area contributed by atoms with E-state index in [0.717, 1.165) is 17.8 Å². The molecule has 2 aliphatic rings. The van der Waals surface area contributed by atoms with Crippen LogP contribution < -0.4 is 20.3 Å². The number of rotatable bonds is 3. The van der Waals surface area contributed by atoms with Crippen molar-refractivity contribution >= 4 is 28.9 Å². The minimum absolute atomic E-state index is 0.0292. The third-order valence-electron chi connectivity index (χ3n) is 4.82. The molecule has 0 saturated heterocycles. The highest BCUT2D eigenvalue weighted by Gasteiger charge is 2.28. The van der Waals surface area contributed by atoms with Crippen LogP contribution >= 0.6 is 0 Å². The maximum Gasteiger partial charge on any atom is 0.265 e. The van der Waals surface area contributed by atoms with E-state index < -0.39 is 12.1 Å². The molecule has 2 aliphatic heterocycles. The van der Waals surface area contributed by atoms with E-state index >= 15 is 0 Å². The summed E-state index contributed by atoms with van der Waals surface area (Å²) >= 11 is 0. The van der Waals surface area contributed by atoms with Gasteiger partial charge >= 0.3 is 0 Å². The lowest BCUT2D eigenvalue weighted by Gasteiger charge is -2.25. The van der Waals surface area contributed by atoms with E-state index in [4.69, 9.17) is 4.74 Å². The fourth-order valence-electron chi connectivity index (χ4n) is 3.41. The number of para-hydroxylation sites is 1. The third kappa shape index (κ3) is 2.87. The normalized spacial score (nSPS) is 19.1. The summed E-state index contributed by atoms with van der Waals surface area (Å²) in [5.41, 5.74) is 3.57. The molecular weight excluding hydrogens is 330 g/mol. The molecule has 2 heterocycles. The third-order valence-corrected chi connectivity index (χ3v) is 4.82. The molecular formula is C20H21N3O3. The highest BCUT2D eigenvalue weighted by atomic mass is 16.5. The molecule has 0 aromatic heterocycles. The van der Waals surface area contributed by atoms with Crippen molar-refractivity contribution in [1.29, 1.82) is 0 Å². The van der Waals surface area contributed by atoms with Gasteiger partial charge in [-0.3, -0.25) is 9.59 Å². The van der Waals surface area contributed by atoms with Gasteiger partial charge in [0.25, 0.3) is 5.91 Å². The Morgan fingerprint density at radius 1 is 1.31 bits per heavy atom. The molecule has 26 heavy (non-hydrogen) atoms. The van der Waals surface area contributed by atoms with Crippen molar-refractivity contribution in [3.63, 3.8) is 0 Å².